The summed E-state index contributed by atoms with van der Waals surface area (Å²) in [6.45, 7) is 6.52. The zero-order chi connectivity index (χ0) is 11.9. The summed E-state index contributed by atoms with van der Waals surface area (Å²) in [5.41, 5.74) is 0. The SMILES string of the molecule is C#CCCCCN1CCCN2CCCCC2C1. The van der Waals surface area contributed by atoms with Crippen molar-refractivity contribution in [3.8, 4) is 12.3 Å². The highest BCUT2D eigenvalue weighted by Gasteiger charge is 2.26. The Hall–Kier alpha value is -0.520. The van der Waals surface area contributed by atoms with E-state index in [1.54, 1.807) is 0 Å². The predicted molar refractivity (Wildman–Crippen MR) is 73.0 cm³/mol. The summed E-state index contributed by atoms with van der Waals surface area (Å²) in [4.78, 5) is 5.40. The lowest BCUT2D eigenvalue weighted by Crippen LogP contribution is -2.44. The summed E-state index contributed by atoms with van der Waals surface area (Å²) in [7, 11) is 0. The van der Waals surface area contributed by atoms with Crippen molar-refractivity contribution in [2.75, 3.05) is 32.7 Å². The van der Waals surface area contributed by atoms with E-state index in [0.717, 1.165) is 12.5 Å². The number of hydrogen-bond acceptors (Lipinski definition) is 2. The van der Waals surface area contributed by atoms with Crippen molar-refractivity contribution in [2.24, 2.45) is 0 Å². The third-order valence-corrected chi connectivity index (χ3v) is 4.18. The van der Waals surface area contributed by atoms with E-state index >= 15 is 0 Å². The maximum absolute atomic E-state index is 5.29. The molecule has 2 rings (SSSR count). The second kappa shape index (κ2) is 7.03. The summed E-state index contributed by atoms with van der Waals surface area (Å²) in [6, 6.07) is 0.846. The average molecular weight is 234 g/mol. The molecule has 2 nitrogen and oxygen atoms in total. The standard InChI is InChI=1S/C15H26N2/c1-2-3-4-6-10-16-11-8-13-17-12-7-5-9-15(17)14-16/h1,15H,3-14H2. The third kappa shape index (κ3) is 4.01. The summed E-state index contributed by atoms with van der Waals surface area (Å²) in [5, 5.41) is 0. The molecule has 0 amide bonds. The van der Waals surface area contributed by atoms with Crippen LogP contribution in [0.1, 0.15) is 44.9 Å². The van der Waals surface area contributed by atoms with Gasteiger partial charge in [0.25, 0.3) is 0 Å². The molecule has 2 heteroatoms. The molecule has 96 valence electrons. The molecule has 1 atom stereocenters. The average Bonchev–Trinajstić information content (AvgIpc) is 2.56. The third-order valence-electron chi connectivity index (χ3n) is 4.18. The summed E-state index contributed by atoms with van der Waals surface area (Å²) >= 11 is 0. The van der Waals surface area contributed by atoms with Crippen LogP contribution in [0.2, 0.25) is 0 Å². The fourth-order valence-electron chi connectivity index (χ4n) is 3.21. The Bertz CT molecular complexity index is 256. The summed E-state index contributed by atoms with van der Waals surface area (Å²) in [5.74, 6) is 2.74. The van der Waals surface area contributed by atoms with E-state index in [1.165, 1.54) is 71.2 Å². The highest BCUT2D eigenvalue weighted by atomic mass is 15.2. The van der Waals surface area contributed by atoms with Gasteiger partial charge in [-0.15, -0.1) is 12.3 Å². The molecular weight excluding hydrogens is 208 g/mol. The minimum absolute atomic E-state index is 0.846. The lowest BCUT2D eigenvalue weighted by Gasteiger charge is -2.35. The Morgan fingerprint density at radius 1 is 1.06 bits per heavy atom. The maximum atomic E-state index is 5.29. The number of fused-ring (bicyclic) bond motifs is 1. The topological polar surface area (TPSA) is 6.48 Å². The first kappa shape index (κ1) is 12.9. The molecule has 2 saturated heterocycles. The molecule has 0 saturated carbocycles. The van der Waals surface area contributed by atoms with Crippen LogP contribution in [-0.2, 0) is 0 Å². The highest BCUT2D eigenvalue weighted by molar-refractivity contribution is 4.84. The lowest BCUT2D eigenvalue weighted by atomic mass is 10.0. The van der Waals surface area contributed by atoms with Gasteiger partial charge < -0.3 is 4.90 Å². The van der Waals surface area contributed by atoms with Crippen LogP contribution in [0, 0.1) is 12.3 Å². The van der Waals surface area contributed by atoms with E-state index in [2.05, 4.69) is 15.7 Å². The van der Waals surface area contributed by atoms with Crippen molar-refractivity contribution in [1.82, 2.24) is 9.80 Å². The lowest BCUT2D eigenvalue weighted by molar-refractivity contribution is 0.136. The van der Waals surface area contributed by atoms with Crippen molar-refractivity contribution in [3.63, 3.8) is 0 Å². The molecule has 0 spiro atoms. The number of piperidine rings is 1. The van der Waals surface area contributed by atoms with Crippen LogP contribution in [0.15, 0.2) is 0 Å². The Kier molecular flexibility index (Phi) is 5.35. The van der Waals surface area contributed by atoms with Gasteiger partial charge in [-0.25, -0.2) is 0 Å². The Morgan fingerprint density at radius 3 is 2.82 bits per heavy atom. The van der Waals surface area contributed by atoms with Gasteiger partial charge in [-0.1, -0.05) is 6.42 Å². The number of terminal acetylenes is 1. The number of nitrogens with zero attached hydrogens (tertiary/aromatic N) is 2. The molecule has 0 aliphatic carbocycles. The molecule has 2 fully saturated rings. The van der Waals surface area contributed by atoms with Crippen LogP contribution in [0.25, 0.3) is 0 Å². The van der Waals surface area contributed by atoms with Gasteiger partial charge in [0.15, 0.2) is 0 Å². The molecule has 0 aromatic carbocycles. The van der Waals surface area contributed by atoms with Crippen molar-refractivity contribution in [2.45, 2.75) is 51.0 Å². The van der Waals surface area contributed by atoms with E-state index in [9.17, 15) is 0 Å². The second-order valence-electron chi connectivity index (χ2n) is 5.50. The molecule has 0 radical (unpaired) electrons. The van der Waals surface area contributed by atoms with E-state index < -0.39 is 0 Å². The Morgan fingerprint density at radius 2 is 1.94 bits per heavy atom. The Labute approximate surface area is 106 Å². The molecule has 2 aliphatic rings. The van der Waals surface area contributed by atoms with Crippen LogP contribution < -0.4 is 0 Å². The van der Waals surface area contributed by atoms with Gasteiger partial charge in [-0.3, -0.25) is 4.90 Å². The van der Waals surface area contributed by atoms with Crippen molar-refractivity contribution in [3.05, 3.63) is 0 Å². The van der Waals surface area contributed by atoms with Gasteiger partial charge in [0, 0.05) is 19.0 Å². The van der Waals surface area contributed by atoms with E-state index in [-0.39, 0.29) is 0 Å². The van der Waals surface area contributed by atoms with Crippen LogP contribution in [0.4, 0.5) is 0 Å². The molecule has 0 N–H and O–H groups in total. The van der Waals surface area contributed by atoms with Crippen LogP contribution in [0.5, 0.6) is 0 Å². The normalized spacial score (nSPS) is 27.1. The number of unbranched alkanes of at least 4 members (excludes halogenated alkanes) is 2. The largest absolute Gasteiger partial charge is 0.302 e. The first-order valence-corrected chi connectivity index (χ1v) is 7.30. The van der Waals surface area contributed by atoms with Crippen LogP contribution >= 0.6 is 0 Å². The predicted octanol–water partition coefficient (Wildman–Crippen LogP) is 2.35. The van der Waals surface area contributed by atoms with Gasteiger partial charge in [-0.05, 0) is 58.3 Å². The van der Waals surface area contributed by atoms with Gasteiger partial charge in [-0.2, -0.15) is 0 Å². The first-order valence-electron chi connectivity index (χ1n) is 7.30. The minimum atomic E-state index is 0.846. The minimum Gasteiger partial charge on any atom is -0.302 e. The van der Waals surface area contributed by atoms with Gasteiger partial charge >= 0.3 is 0 Å². The monoisotopic (exact) mass is 234 g/mol. The van der Waals surface area contributed by atoms with E-state index in [0.29, 0.717) is 0 Å². The zero-order valence-corrected chi connectivity index (χ0v) is 11.0. The maximum Gasteiger partial charge on any atom is 0.0223 e. The molecular formula is C15H26N2. The van der Waals surface area contributed by atoms with Gasteiger partial charge in [0.2, 0.25) is 0 Å². The number of rotatable bonds is 4. The van der Waals surface area contributed by atoms with E-state index in [1.807, 2.05) is 0 Å². The Balaban J connectivity index is 1.74. The van der Waals surface area contributed by atoms with Gasteiger partial charge in [0.1, 0.15) is 0 Å². The molecule has 0 aromatic rings. The highest BCUT2D eigenvalue weighted by Crippen LogP contribution is 2.21. The quantitative estimate of drug-likeness (QED) is 0.544. The fourth-order valence-corrected chi connectivity index (χ4v) is 3.21. The molecule has 17 heavy (non-hydrogen) atoms. The van der Waals surface area contributed by atoms with Crippen molar-refractivity contribution >= 4 is 0 Å². The van der Waals surface area contributed by atoms with Gasteiger partial charge in [0.05, 0.1) is 0 Å². The second-order valence-corrected chi connectivity index (χ2v) is 5.50. The molecule has 2 heterocycles. The zero-order valence-electron chi connectivity index (χ0n) is 11.0. The number of hydrogen-bond donors (Lipinski definition) is 0. The fraction of sp³-hybridized carbons (Fsp3) is 0.867. The molecule has 0 bridgehead atoms. The summed E-state index contributed by atoms with van der Waals surface area (Å²) < 4.78 is 0. The molecule has 0 aromatic heterocycles. The van der Waals surface area contributed by atoms with E-state index in [4.69, 9.17) is 6.42 Å². The smallest absolute Gasteiger partial charge is 0.0223 e. The van der Waals surface area contributed by atoms with Crippen LogP contribution in [-0.4, -0.2) is 48.6 Å². The van der Waals surface area contributed by atoms with Crippen LogP contribution in [0.3, 0.4) is 0 Å². The molecule has 1 unspecified atom stereocenters. The van der Waals surface area contributed by atoms with Crippen molar-refractivity contribution in [1.29, 1.82) is 0 Å². The summed E-state index contributed by atoms with van der Waals surface area (Å²) in [6.07, 6.45) is 14.3. The molecule has 2 aliphatic heterocycles. The van der Waals surface area contributed by atoms with Crippen molar-refractivity contribution < 1.29 is 0 Å². The first-order chi connectivity index (χ1) is 8.40.